The Hall–Kier alpha value is -3.19. The first kappa shape index (κ1) is 19.1. The molecule has 1 N–H and O–H groups in total. The van der Waals surface area contributed by atoms with Crippen molar-refractivity contribution >= 4 is 23.3 Å². The van der Waals surface area contributed by atoms with Crippen LogP contribution in [0.1, 0.15) is 23.5 Å². The van der Waals surface area contributed by atoms with E-state index in [1.54, 1.807) is 44.3 Å². The van der Waals surface area contributed by atoms with Gasteiger partial charge in [-0.3, -0.25) is 4.79 Å². The number of nitrogens with one attached hydrogen (secondary N) is 1. The second-order valence-corrected chi connectivity index (χ2v) is 7.04. The highest BCUT2D eigenvalue weighted by molar-refractivity contribution is 6.30. The smallest absolute Gasteiger partial charge is 0.226 e. The second-order valence-electron chi connectivity index (χ2n) is 6.60. The minimum atomic E-state index is -0.208. The van der Waals surface area contributed by atoms with E-state index in [0.29, 0.717) is 28.1 Å². The number of aromatic nitrogens is 2. The Labute approximate surface area is 173 Å². The van der Waals surface area contributed by atoms with E-state index >= 15 is 0 Å². The lowest BCUT2D eigenvalue weighted by molar-refractivity contribution is -0.116. The lowest BCUT2D eigenvalue weighted by Gasteiger charge is -2.25. The van der Waals surface area contributed by atoms with Crippen LogP contribution in [0, 0.1) is 0 Å². The molecule has 1 atom stereocenters. The topological polar surface area (TPSA) is 74.6 Å². The standard InChI is InChI=1S/C21H20ClN3O4/c1-27-17-7-12(8-18(28-2)20(17)29-3)15-10-19(26)24-21-16(15)11-23-25(21)14-6-4-5-13(22)9-14/h4-9,11,15H,10H2,1-3H3,(H,24,26). The fraction of sp³-hybridized carbons (Fsp3) is 0.238. The molecule has 8 heteroatoms. The molecule has 0 saturated heterocycles. The summed E-state index contributed by atoms with van der Waals surface area (Å²) in [5, 5.41) is 8.02. The molecule has 1 amide bonds. The number of halogens is 1. The summed E-state index contributed by atoms with van der Waals surface area (Å²) in [6, 6.07) is 11.0. The van der Waals surface area contributed by atoms with Crippen molar-refractivity contribution in [2.75, 3.05) is 26.6 Å². The van der Waals surface area contributed by atoms with Gasteiger partial charge in [-0.15, -0.1) is 0 Å². The van der Waals surface area contributed by atoms with Gasteiger partial charge in [-0.1, -0.05) is 17.7 Å². The molecule has 0 radical (unpaired) electrons. The van der Waals surface area contributed by atoms with Gasteiger partial charge in [-0.25, -0.2) is 4.68 Å². The van der Waals surface area contributed by atoms with E-state index in [-0.39, 0.29) is 18.2 Å². The summed E-state index contributed by atoms with van der Waals surface area (Å²) < 4.78 is 18.0. The Morgan fingerprint density at radius 1 is 1.10 bits per heavy atom. The van der Waals surface area contributed by atoms with Crippen molar-refractivity contribution in [3.05, 3.63) is 58.7 Å². The second kappa shape index (κ2) is 7.67. The zero-order chi connectivity index (χ0) is 20.5. The third-order valence-electron chi connectivity index (χ3n) is 4.96. The number of fused-ring (bicyclic) bond motifs is 1. The SMILES string of the molecule is COc1cc(C2CC(=O)Nc3c2cnn3-c2cccc(Cl)c2)cc(OC)c1OC. The molecule has 150 valence electrons. The number of carbonyl (C=O) groups is 1. The van der Waals surface area contributed by atoms with Gasteiger partial charge in [-0.05, 0) is 35.9 Å². The fourth-order valence-electron chi connectivity index (χ4n) is 3.62. The van der Waals surface area contributed by atoms with Gasteiger partial charge in [0.25, 0.3) is 0 Å². The normalized spacial score (nSPS) is 15.4. The number of anilines is 1. The predicted octanol–water partition coefficient (Wildman–Crippen LogP) is 4.03. The van der Waals surface area contributed by atoms with Crippen LogP contribution in [0.25, 0.3) is 5.69 Å². The molecule has 1 aromatic heterocycles. The summed E-state index contributed by atoms with van der Waals surface area (Å²) >= 11 is 6.13. The third kappa shape index (κ3) is 3.38. The maximum Gasteiger partial charge on any atom is 0.226 e. The highest BCUT2D eigenvalue weighted by Gasteiger charge is 2.31. The molecule has 2 aromatic carbocycles. The summed E-state index contributed by atoms with van der Waals surface area (Å²) in [6.45, 7) is 0. The van der Waals surface area contributed by atoms with Crippen molar-refractivity contribution < 1.29 is 19.0 Å². The first-order valence-electron chi connectivity index (χ1n) is 8.99. The van der Waals surface area contributed by atoms with E-state index in [2.05, 4.69) is 10.4 Å². The van der Waals surface area contributed by atoms with Crippen LogP contribution >= 0.6 is 11.6 Å². The Kier molecular flexibility index (Phi) is 5.07. The van der Waals surface area contributed by atoms with Gasteiger partial charge in [0.15, 0.2) is 11.5 Å². The summed E-state index contributed by atoms with van der Waals surface area (Å²) in [4.78, 5) is 12.5. The molecule has 4 rings (SSSR count). The van der Waals surface area contributed by atoms with E-state index in [1.807, 2.05) is 24.3 Å². The number of ether oxygens (including phenoxy) is 3. The van der Waals surface area contributed by atoms with Crippen molar-refractivity contribution in [1.29, 1.82) is 0 Å². The van der Waals surface area contributed by atoms with Gasteiger partial charge in [0.1, 0.15) is 5.82 Å². The maximum atomic E-state index is 12.5. The van der Waals surface area contributed by atoms with Crippen LogP contribution in [0.2, 0.25) is 5.02 Å². The van der Waals surface area contributed by atoms with Gasteiger partial charge in [-0.2, -0.15) is 5.10 Å². The number of hydrogen-bond donors (Lipinski definition) is 1. The van der Waals surface area contributed by atoms with Crippen LogP contribution in [-0.2, 0) is 4.79 Å². The molecule has 29 heavy (non-hydrogen) atoms. The number of rotatable bonds is 5. The number of nitrogens with zero attached hydrogens (tertiary/aromatic N) is 2. The molecular weight excluding hydrogens is 394 g/mol. The fourth-order valence-corrected chi connectivity index (χ4v) is 3.81. The quantitative estimate of drug-likeness (QED) is 0.683. The molecular formula is C21H20ClN3O4. The monoisotopic (exact) mass is 413 g/mol. The molecule has 3 aromatic rings. The molecule has 0 fully saturated rings. The number of hydrogen-bond acceptors (Lipinski definition) is 5. The Balaban J connectivity index is 1.84. The average Bonchev–Trinajstić information content (AvgIpc) is 3.15. The van der Waals surface area contributed by atoms with Crippen molar-refractivity contribution in [1.82, 2.24) is 9.78 Å². The van der Waals surface area contributed by atoms with E-state index in [0.717, 1.165) is 16.8 Å². The van der Waals surface area contributed by atoms with Crippen LogP contribution in [0.3, 0.4) is 0 Å². The van der Waals surface area contributed by atoms with Gasteiger partial charge < -0.3 is 19.5 Å². The predicted molar refractivity (Wildman–Crippen MR) is 110 cm³/mol. The molecule has 1 aliphatic rings. The molecule has 0 spiro atoms. The summed E-state index contributed by atoms with van der Waals surface area (Å²) in [5.74, 6) is 1.91. The zero-order valence-corrected chi connectivity index (χ0v) is 17.0. The molecule has 1 unspecified atom stereocenters. The van der Waals surface area contributed by atoms with Crippen molar-refractivity contribution in [3.63, 3.8) is 0 Å². The number of benzene rings is 2. The lowest BCUT2D eigenvalue weighted by Crippen LogP contribution is -2.24. The number of carbonyl (C=O) groups excluding carboxylic acids is 1. The average molecular weight is 414 g/mol. The summed E-state index contributed by atoms with van der Waals surface area (Å²) in [6.07, 6.45) is 2.05. The highest BCUT2D eigenvalue weighted by Crippen LogP contribution is 2.44. The van der Waals surface area contributed by atoms with Crippen molar-refractivity contribution in [2.24, 2.45) is 0 Å². The Morgan fingerprint density at radius 3 is 2.45 bits per heavy atom. The van der Waals surface area contributed by atoms with Gasteiger partial charge in [0, 0.05) is 22.9 Å². The Morgan fingerprint density at radius 2 is 1.83 bits per heavy atom. The minimum absolute atomic E-state index is 0.0972. The van der Waals surface area contributed by atoms with Crippen LogP contribution in [0.4, 0.5) is 5.82 Å². The van der Waals surface area contributed by atoms with Crippen LogP contribution in [0.15, 0.2) is 42.6 Å². The van der Waals surface area contributed by atoms with Crippen LogP contribution in [0.5, 0.6) is 17.2 Å². The minimum Gasteiger partial charge on any atom is -0.493 e. The van der Waals surface area contributed by atoms with Gasteiger partial charge >= 0.3 is 0 Å². The molecule has 0 saturated carbocycles. The van der Waals surface area contributed by atoms with E-state index < -0.39 is 0 Å². The molecule has 0 aliphatic carbocycles. The molecule has 0 bridgehead atoms. The first-order chi connectivity index (χ1) is 14.0. The van der Waals surface area contributed by atoms with Crippen molar-refractivity contribution in [3.8, 4) is 22.9 Å². The highest BCUT2D eigenvalue weighted by atomic mass is 35.5. The van der Waals surface area contributed by atoms with Gasteiger partial charge in [0.05, 0.1) is 33.2 Å². The molecule has 7 nitrogen and oxygen atoms in total. The summed E-state index contributed by atoms with van der Waals surface area (Å²) in [7, 11) is 4.69. The van der Waals surface area contributed by atoms with E-state index in [9.17, 15) is 4.79 Å². The van der Waals surface area contributed by atoms with Crippen molar-refractivity contribution in [2.45, 2.75) is 12.3 Å². The van der Waals surface area contributed by atoms with E-state index in [4.69, 9.17) is 25.8 Å². The van der Waals surface area contributed by atoms with Crippen LogP contribution in [-0.4, -0.2) is 37.0 Å². The maximum absolute atomic E-state index is 12.5. The zero-order valence-electron chi connectivity index (χ0n) is 16.2. The first-order valence-corrected chi connectivity index (χ1v) is 9.37. The van der Waals surface area contributed by atoms with Crippen LogP contribution < -0.4 is 19.5 Å². The molecule has 1 aliphatic heterocycles. The Bertz CT molecular complexity index is 1050. The molecule has 2 heterocycles. The third-order valence-corrected chi connectivity index (χ3v) is 5.20. The largest absolute Gasteiger partial charge is 0.493 e. The number of methoxy groups -OCH3 is 3. The lowest BCUT2D eigenvalue weighted by atomic mass is 9.87. The summed E-state index contributed by atoms with van der Waals surface area (Å²) in [5.41, 5.74) is 2.55. The number of amides is 1. The van der Waals surface area contributed by atoms with Gasteiger partial charge in [0.2, 0.25) is 11.7 Å². The van der Waals surface area contributed by atoms with E-state index in [1.165, 1.54) is 0 Å².